The Balaban J connectivity index is 1.63. The number of fused-ring (bicyclic) bond motifs is 1. The van der Waals surface area contributed by atoms with E-state index in [1.165, 1.54) is 24.8 Å². The first-order chi connectivity index (χ1) is 15.0. The highest BCUT2D eigenvalue weighted by atomic mass is 32.1. The van der Waals surface area contributed by atoms with Crippen LogP contribution in [0.3, 0.4) is 0 Å². The van der Waals surface area contributed by atoms with E-state index in [0.717, 1.165) is 35.2 Å². The zero-order chi connectivity index (χ0) is 21.8. The fraction of sp³-hybridized carbons (Fsp3) is 0.360. The summed E-state index contributed by atoms with van der Waals surface area (Å²) in [5.74, 6) is 0.770. The SMILES string of the molecule is COc1ccc2[nH]c(=O)c(CN(C(=S)Nc3ccc(C)cc3)C3CCCCC3)cc2c1. The van der Waals surface area contributed by atoms with Crippen LogP contribution in [0.4, 0.5) is 5.69 Å². The Morgan fingerprint density at radius 1 is 1.13 bits per heavy atom. The molecule has 2 aromatic carbocycles. The number of aromatic amines is 1. The van der Waals surface area contributed by atoms with Gasteiger partial charge in [-0.3, -0.25) is 4.79 Å². The highest BCUT2D eigenvalue weighted by molar-refractivity contribution is 7.80. The minimum Gasteiger partial charge on any atom is -0.497 e. The Bertz CT molecular complexity index is 1120. The van der Waals surface area contributed by atoms with Crippen molar-refractivity contribution in [1.82, 2.24) is 9.88 Å². The Hall–Kier alpha value is -2.86. The molecule has 0 saturated heterocycles. The average molecular weight is 436 g/mol. The molecule has 1 aromatic heterocycles. The predicted molar refractivity (Wildman–Crippen MR) is 131 cm³/mol. The first-order valence-electron chi connectivity index (χ1n) is 10.9. The van der Waals surface area contributed by atoms with Gasteiger partial charge in [-0.15, -0.1) is 0 Å². The lowest BCUT2D eigenvalue weighted by atomic mass is 9.94. The Labute approximate surface area is 188 Å². The van der Waals surface area contributed by atoms with Crippen molar-refractivity contribution in [2.75, 3.05) is 12.4 Å². The second-order valence-electron chi connectivity index (χ2n) is 8.29. The summed E-state index contributed by atoms with van der Waals surface area (Å²) in [5.41, 5.74) is 3.61. The number of benzene rings is 2. The number of nitrogens with one attached hydrogen (secondary N) is 2. The number of aromatic nitrogens is 1. The first-order valence-corrected chi connectivity index (χ1v) is 11.3. The molecule has 3 aromatic rings. The number of thiocarbonyl (C=S) groups is 1. The quantitative estimate of drug-likeness (QED) is 0.527. The summed E-state index contributed by atoms with van der Waals surface area (Å²) in [6, 6.07) is 16.2. The zero-order valence-electron chi connectivity index (χ0n) is 18.1. The van der Waals surface area contributed by atoms with E-state index in [4.69, 9.17) is 17.0 Å². The molecule has 31 heavy (non-hydrogen) atoms. The van der Waals surface area contributed by atoms with E-state index in [1.807, 2.05) is 36.4 Å². The summed E-state index contributed by atoms with van der Waals surface area (Å²) in [5, 5.41) is 5.01. The molecule has 0 bridgehead atoms. The molecule has 0 aliphatic heterocycles. The van der Waals surface area contributed by atoms with Gasteiger partial charge in [-0.1, -0.05) is 37.0 Å². The summed E-state index contributed by atoms with van der Waals surface area (Å²) in [6.07, 6.45) is 5.84. The fourth-order valence-corrected chi connectivity index (χ4v) is 4.58. The molecule has 4 rings (SSSR count). The number of hydrogen-bond acceptors (Lipinski definition) is 3. The number of anilines is 1. The van der Waals surface area contributed by atoms with Crippen molar-refractivity contribution in [2.24, 2.45) is 0 Å². The number of nitrogens with zero attached hydrogens (tertiary/aromatic N) is 1. The molecule has 6 heteroatoms. The van der Waals surface area contributed by atoms with Gasteiger partial charge in [0.25, 0.3) is 5.56 Å². The number of hydrogen-bond donors (Lipinski definition) is 2. The Morgan fingerprint density at radius 2 is 1.87 bits per heavy atom. The number of ether oxygens (including phenoxy) is 1. The standard InChI is InChI=1S/C25H29N3O2S/c1-17-8-10-20(11-9-17)26-25(31)28(21-6-4-3-5-7-21)16-19-14-18-15-22(30-2)12-13-23(18)27-24(19)29/h8-15,21H,3-7,16H2,1-2H3,(H,26,31)(H,27,29). The van der Waals surface area contributed by atoms with Crippen LogP contribution in [0.15, 0.2) is 53.3 Å². The van der Waals surface area contributed by atoms with E-state index < -0.39 is 0 Å². The van der Waals surface area contributed by atoms with E-state index in [9.17, 15) is 4.79 Å². The monoisotopic (exact) mass is 435 g/mol. The van der Waals surface area contributed by atoms with Crippen LogP contribution in [-0.2, 0) is 6.54 Å². The third-order valence-corrected chi connectivity index (χ3v) is 6.38. The van der Waals surface area contributed by atoms with Crippen molar-refractivity contribution < 1.29 is 4.74 Å². The molecule has 1 aliphatic rings. The largest absolute Gasteiger partial charge is 0.497 e. The second kappa shape index (κ2) is 9.52. The molecule has 0 radical (unpaired) electrons. The molecule has 0 amide bonds. The molecule has 162 valence electrons. The summed E-state index contributed by atoms with van der Waals surface area (Å²) in [4.78, 5) is 18.1. The lowest BCUT2D eigenvalue weighted by Gasteiger charge is -2.36. The van der Waals surface area contributed by atoms with Gasteiger partial charge in [0.15, 0.2) is 5.11 Å². The van der Waals surface area contributed by atoms with Crippen molar-refractivity contribution in [2.45, 2.75) is 51.6 Å². The Morgan fingerprint density at radius 3 is 2.58 bits per heavy atom. The molecule has 0 spiro atoms. The van der Waals surface area contributed by atoms with Crippen molar-refractivity contribution >= 4 is 33.9 Å². The second-order valence-corrected chi connectivity index (χ2v) is 8.68. The lowest BCUT2D eigenvalue weighted by molar-refractivity contribution is 0.240. The van der Waals surface area contributed by atoms with Gasteiger partial charge in [0.2, 0.25) is 0 Å². The zero-order valence-corrected chi connectivity index (χ0v) is 18.9. The topological polar surface area (TPSA) is 57.4 Å². The maximum atomic E-state index is 12.8. The highest BCUT2D eigenvalue weighted by Crippen LogP contribution is 2.26. The number of methoxy groups -OCH3 is 1. The lowest BCUT2D eigenvalue weighted by Crippen LogP contribution is -2.44. The van der Waals surface area contributed by atoms with Crippen molar-refractivity contribution in [3.8, 4) is 5.75 Å². The van der Waals surface area contributed by atoms with E-state index in [0.29, 0.717) is 23.3 Å². The van der Waals surface area contributed by atoms with Crippen molar-refractivity contribution in [1.29, 1.82) is 0 Å². The van der Waals surface area contributed by atoms with Gasteiger partial charge in [-0.05, 0) is 68.4 Å². The fourth-order valence-electron chi connectivity index (χ4n) is 4.25. The molecule has 0 unspecified atom stereocenters. The van der Waals surface area contributed by atoms with Gasteiger partial charge in [0.05, 0.1) is 13.7 Å². The summed E-state index contributed by atoms with van der Waals surface area (Å²) >= 11 is 5.83. The number of rotatable bonds is 5. The normalized spacial score (nSPS) is 14.4. The molecular weight excluding hydrogens is 406 g/mol. The molecule has 0 atom stereocenters. The van der Waals surface area contributed by atoms with Gasteiger partial charge in [0, 0.05) is 28.2 Å². The van der Waals surface area contributed by atoms with Crippen LogP contribution in [0, 0.1) is 6.92 Å². The maximum Gasteiger partial charge on any atom is 0.253 e. The summed E-state index contributed by atoms with van der Waals surface area (Å²) < 4.78 is 5.35. The molecular formula is C25H29N3O2S. The van der Waals surface area contributed by atoms with Gasteiger partial charge in [0.1, 0.15) is 5.75 Å². The van der Waals surface area contributed by atoms with Crippen LogP contribution < -0.4 is 15.6 Å². The van der Waals surface area contributed by atoms with Gasteiger partial charge in [-0.25, -0.2) is 0 Å². The van der Waals surface area contributed by atoms with Crippen LogP contribution in [0.1, 0.15) is 43.2 Å². The van der Waals surface area contributed by atoms with Crippen LogP contribution >= 0.6 is 12.2 Å². The van der Waals surface area contributed by atoms with E-state index >= 15 is 0 Å². The van der Waals surface area contributed by atoms with Crippen molar-refractivity contribution in [3.05, 3.63) is 70.0 Å². The van der Waals surface area contributed by atoms with Crippen LogP contribution in [0.5, 0.6) is 5.75 Å². The number of aryl methyl sites for hydroxylation is 1. The molecule has 2 N–H and O–H groups in total. The molecule has 1 saturated carbocycles. The van der Waals surface area contributed by atoms with E-state index in [2.05, 4.69) is 34.3 Å². The van der Waals surface area contributed by atoms with E-state index in [1.54, 1.807) is 7.11 Å². The minimum absolute atomic E-state index is 0.0726. The number of H-pyrrole nitrogens is 1. The van der Waals surface area contributed by atoms with Gasteiger partial charge in [-0.2, -0.15) is 0 Å². The molecule has 5 nitrogen and oxygen atoms in total. The van der Waals surface area contributed by atoms with E-state index in [-0.39, 0.29) is 5.56 Å². The van der Waals surface area contributed by atoms with Crippen LogP contribution in [0.25, 0.3) is 10.9 Å². The first kappa shape index (κ1) is 21.4. The minimum atomic E-state index is -0.0726. The van der Waals surface area contributed by atoms with Crippen molar-refractivity contribution in [3.63, 3.8) is 0 Å². The van der Waals surface area contributed by atoms with Crippen LogP contribution in [-0.4, -0.2) is 28.1 Å². The summed E-state index contributed by atoms with van der Waals surface area (Å²) in [7, 11) is 1.65. The van der Waals surface area contributed by atoms with Gasteiger partial charge < -0.3 is 19.9 Å². The third kappa shape index (κ3) is 5.07. The smallest absolute Gasteiger partial charge is 0.253 e. The molecule has 1 aliphatic carbocycles. The molecule has 1 heterocycles. The number of pyridine rings is 1. The van der Waals surface area contributed by atoms with Gasteiger partial charge >= 0.3 is 0 Å². The average Bonchev–Trinajstić information content (AvgIpc) is 2.79. The Kier molecular flexibility index (Phi) is 6.56. The molecule has 1 fully saturated rings. The third-order valence-electron chi connectivity index (χ3n) is 6.05. The predicted octanol–water partition coefficient (Wildman–Crippen LogP) is 5.38. The summed E-state index contributed by atoms with van der Waals surface area (Å²) in [6.45, 7) is 2.54. The maximum absolute atomic E-state index is 12.8. The van der Waals surface area contributed by atoms with Crippen LogP contribution in [0.2, 0.25) is 0 Å². The highest BCUT2D eigenvalue weighted by Gasteiger charge is 2.24.